The van der Waals surface area contributed by atoms with Gasteiger partial charge in [-0.05, 0) is 94.1 Å². The number of furan rings is 1. The SMILES string of the molecule is O=C(NC1C[C@@H]2CCC[C@@H](C1)N2Cc1ccco1)NC12CC3CC(CC(C3)C1)C2. The third kappa shape index (κ3) is 3.49. The van der Waals surface area contributed by atoms with Gasteiger partial charge in [0.25, 0.3) is 0 Å². The fourth-order valence-electron chi connectivity index (χ4n) is 8.16. The molecule has 5 heteroatoms. The van der Waals surface area contributed by atoms with Crippen molar-refractivity contribution in [1.29, 1.82) is 0 Å². The highest BCUT2D eigenvalue weighted by Crippen LogP contribution is 2.55. The maximum Gasteiger partial charge on any atom is 0.315 e. The fraction of sp³-hybridized carbons (Fsp3) is 0.792. The van der Waals surface area contributed by atoms with Crippen molar-refractivity contribution in [3.63, 3.8) is 0 Å². The van der Waals surface area contributed by atoms with Crippen LogP contribution < -0.4 is 10.6 Å². The molecule has 0 radical (unpaired) electrons. The Kier molecular flexibility index (Phi) is 4.44. The van der Waals surface area contributed by atoms with E-state index in [1.807, 2.05) is 6.07 Å². The number of carbonyl (C=O) groups is 1. The number of hydrogen-bond donors (Lipinski definition) is 2. The van der Waals surface area contributed by atoms with Crippen molar-refractivity contribution in [2.75, 3.05) is 0 Å². The highest BCUT2D eigenvalue weighted by atomic mass is 16.3. The van der Waals surface area contributed by atoms with Crippen molar-refractivity contribution in [1.82, 2.24) is 15.5 Å². The predicted molar refractivity (Wildman–Crippen MR) is 111 cm³/mol. The molecule has 1 aromatic rings. The van der Waals surface area contributed by atoms with Crippen LogP contribution in [0.1, 0.15) is 76.4 Å². The molecule has 2 aliphatic heterocycles. The van der Waals surface area contributed by atoms with Crippen LogP contribution in [-0.2, 0) is 6.54 Å². The van der Waals surface area contributed by atoms with Gasteiger partial charge in [-0.15, -0.1) is 0 Å². The normalized spacial score (nSPS) is 43.3. The van der Waals surface area contributed by atoms with E-state index in [2.05, 4.69) is 21.6 Å². The Hall–Kier alpha value is -1.49. The molecular weight excluding hydrogens is 362 g/mol. The summed E-state index contributed by atoms with van der Waals surface area (Å²) in [6.07, 6.45) is 15.6. The predicted octanol–water partition coefficient (Wildman–Crippen LogP) is 4.43. The standard InChI is InChI=1S/C24H35N3O2/c28-23(26-24-12-16-7-17(13-24)9-18(8-16)14-24)25-19-10-20-3-1-4-21(11-19)27(20)15-22-5-2-6-29-22/h2,5-6,16-21H,1,3-4,7-15H2,(H2,25,26,28)/t16?,17?,18?,20-,21-,24?/m0/s1. The van der Waals surface area contributed by atoms with Crippen LogP contribution in [0.2, 0.25) is 0 Å². The van der Waals surface area contributed by atoms with Crippen LogP contribution in [0.4, 0.5) is 4.79 Å². The summed E-state index contributed by atoms with van der Waals surface area (Å²) in [6, 6.07) is 5.61. The first-order valence-corrected chi connectivity index (χ1v) is 12.0. The maximum absolute atomic E-state index is 13.0. The molecule has 0 aromatic carbocycles. The molecule has 6 fully saturated rings. The van der Waals surface area contributed by atoms with Gasteiger partial charge >= 0.3 is 6.03 Å². The van der Waals surface area contributed by atoms with E-state index in [-0.39, 0.29) is 11.6 Å². The lowest BCUT2D eigenvalue weighted by molar-refractivity contribution is -0.0147. The zero-order valence-electron chi connectivity index (χ0n) is 17.4. The Morgan fingerprint density at radius 1 is 1.03 bits per heavy atom. The number of amides is 2. The summed E-state index contributed by atoms with van der Waals surface area (Å²) in [6.45, 7) is 0.911. The highest BCUT2D eigenvalue weighted by molar-refractivity contribution is 5.75. The number of rotatable bonds is 4. The molecule has 2 atom stereocenters. The van der Waals surface area contributed by atoms with Gasteiger partial charge in [0.15, 0.2) is 0 Å². The van der Waals surface area contributed by atoms with Gasteiger partial charge in [-0.1, -0.05) is 6.42 Å². The van der Waals surface area contributed by atoms with Crippen LogP contribution in [-0.4, -0.2) is 34.6 Å². The van der Waals surface area contributed by atoms with Crippen LogP contribution in [0.3, 0.4) is 0 Å². The lowest BCUT2D eigenvalue weighted by Gasteiger charge is -2.57. The monoisotopic (exact) mass is 397 g/mol. The van der Waals surface area contributed by atoms with Crippen molar-refractivity contribution in [2.24, 2.45) is 17.8 Å². The zero-order chi connectivity index (χ0) is 19.4. The summed E-state index contributed by atoms with van der Waals surface area (Å²) >= 11 is 0. The molecule has 7 rings (SSSR count). The van der Waals surface area contributed by atoms with Crippen molar-refractivity contribution in [3.05, 3.63) is 24.2 Å². The fourth-order valence-corrected chi connectivity index (χ4v) is 8.16. The summed E-state index contributed by atoms with van der Waals surface area (Å²) in [5.74, 6) is 3.66. The van der Waals surface area contributed by atoms with Gasteiger partial charge in [0.1, 0.15) is 5.76 Å². The third-order valence-corrected chi connectivity index (χ3v) is 8.80. The van der Waals surface area contributed by atoms with Crippen LogP contribution in [0.15, 0.2) is 22.8 Å². The third-order valence-electron chi connectivity index (χ3n) is 8.80. The van der Waals surface area contributed by atoms with Gasteiger partial charge in [-0.3, -0.25) is 4.90 Å². The van der Waals surface area contributed by atoms with Gasteiger partial charge in [0, 0.05) is 23.7 Å². The molecule has 29 heavy (non-hydrogen) atoms. The number of nitrogens with one attached hydrogen (secondary N) is 2. The van der Waals surface area contributed by atoms with E-state index in [4.69, 9.17) is 4.42 Å². The van der Waals surface area contributed by atoms with Crippen LogP contribution in [0.25, 0.3) is 0 Å². The van der Waals surface area contributed by atoms with Crippen LogP contribution in [0.5, 0.6) is 0 Å². The second-order valence-electron chi connectivity index (χ2n) is 11.0. The summed E-state index contributed by atoms with van der Waals surface area (Å²) in [5, 5.41) is 6.91. The molecule has 2 saturated heterocycles. The second-order valence-corrected chi connectivity index (χ2v) is 11.0. The van der Waals surface area contributed by atoms with E-state index in [0.717, 1.165) is 42.9 Å². The van der Waals surface area contributed by atoms with E-state index in [1.54, 1.807) is 6.26 Å². The molecule has 1 aromatic heterocycles. The van der Waals surface area contributed by atoms with Crippen molar-refractivity contribution < 1.29 is 9.21 Å². The summed E-state index contributed by atoms with van der Waals surface area (Å²) < 4.78 is 5.61. The number of nitrogens with zero attached hydrogens (tertiary/aromatic N) is 1. The van der Waals surface area contributed by atoms with Crippen molar-refractivity contribution in [2.45, 2.75) is 101 Å². The van der Waals surface area contributed by atoms with Gasteiger partial charge in [0.05, 0.1) is 12.8 Å². The quantitative estimate of drug-likeness (QED) is 0.790. The van der Waals surface area contributed by atoms with Crippen LogP contribution in [0, 0.1) is 17.8 Å². The van der Waals surface area contributed by atoms with Crippen LogP contribution >= 0.6 is 0 Å². The Morgan fingerprint density at radius 2 is 1.69 bits per heavy atom. The first kappa shape index (κ1) is 18.3. The minimum Gasteiger partial charge on any atom is -0.468 e. The molecule has 0 spiro atoms. The molecule has 3 heterocycles. The number of carbonyl (C=O) groups excluding carboxylic acids is 1. The number of hydrogen-bond acceptors (Lipinski definition) is 3. The lowest BCUT2D eigenvalue weighted by atomic mass is 9.53. The van der Waals surface area contributed by atoms with Gasteiger partial charge < -0.3 is 15.1 Å². The lowest BCUT2D eigenvalue weighted by Crippen LogP contribution is -2.63. The average molecular weight is 398 g/mol. The second kappa shape index (κ2) is 7.04. The summed E-state index contributed by atoms with van der Waals surface area (Å²) in [4.78, 5) is 15.6. The zero-order valence-corrected chi connectivity index (χ0v) is 17.4. The molecule has 6 bridgehead atoms. The summed E-state index contributed by atoms with van der Waals surface area (Å²) in [5.41, 5.74) is 0.106. The van der Waals surface area contributed by atoms with Gasteiger partial charge in [0.2, 0.25) is 0 Å². The average Bonchev–Trinajstić information content (AvgIpc) is 3.13. The first-order chi connectivity index (χ1) is 14.1. The Balaban J connectivity index is 1.08. The smallest absolute Gasteiger partial charge is 0.315 e. The number of fused-ring (bicyclic) bond motifs is 2. The maximum atomic E-state index is 13.0. The topological polar surface area (TPSA) is 57.5 Å². The molecule has 158 valence electrons. The molecular formula is C24H35N3O2. The first-order valence-electron chi connectivity index (χ1n) is 12.0. The molecule has 2 amide bonds. The van der Waals surface area contributed by atoms with E-state index in [9.17, 15) is 4.79 Å². The van der Waals surface area contributed by atoms with E-state index < -0.39 is 0 Å². The highest BCUT2D eigenvalue weighted by Gasteiger charge is 2.51. The van der Waals surface area contributed by atoms with Crippen molar-refractivity contribution >= 4 is 6.03 Å². The minimum atomic E-state index is 0.106. The van der Waals surface area contributed by atoms with E-state index in [1.165, 1.54) is 57.8 Å². The largest absolute Gasteiger partial charge is 0.468 e. The molecule has 4 saturated carbocycles. The summed E-state index contributed by atoms with van der Waals surface area (Å²) in [7, 11) is 0. The van der Waals surface area contributed by atoms with E-state index in [0.29, 0.717) is 18.1 Å². The Labute approximate surface area is 174 Å². The van der Waals surface area contributed by atoms with E-state index >= 15 is 0 Å². The number of piperidine rings is 2. The minimum absolute atomic E-state index is 0.106. The van der Waals surface area contributed by atoms with Gasteiger partial charge in [-0.2, -0.15) is 0 Å². The Bertz CT molecular complexity index is 696. The number of urea groups is 1. The van der Waals surface area contributed by atoms with Gasteiger partial charge in [-0.25, -0.2) is 4.79 Å². The molecule has 6 aliphatic rings. The Morgan fingerprint density at radius 3 is 2.28 bits per heavy atom. The van der Waals surface area contributed by atoms with Crippen molar-refractivity contribution in [3.8, 4) is 0 Å². The molecule has 5 nitrogen and oxygen atoms in total. The molecule has 2 N–H and O–H groups in total. The molecule has 0 unspecified atom stereocenters. The molecule has 4 aliphatic carbocycles.